The number of rotatable bonds is 5. The smallest absolute Gasteiger partial charge is 0.160 e. The standard InChI is InChI=1S/C54H34N4/c1-3-13-35(14-4-1)39-27-30-43-46(34-39)55-54(56-53(43)40-24-23-36-15-7-8-16-38(36)33-40)37-25-28-42(29-26-37)58-48-22-12-10-20-45(48)52-50(58)32-31-49-51(52)44-19-9-11-21-47(44)57(49)41-17-5-2-6-18-41/h1-34H. The zero-order chi connectivity index (χ0) is 38.2. The van der Waals surface area contributed by atoms with Crippen molar-refractivity contribution in [3.8, 4) is 45.1 Å². The van der Waals surface area contributed by atoms with Crippen LogP contribution in [0, 0.1) is 0 Å². The van der Waals surface area contributed by atoms with Crippen LogP contribution in [-0.2, 0) is 0 Å². The van der Waals surface area contributed by atoms with Crippen molar-refractivity contribution in [3.05, 3.63) is 206 Å². The third kappa shape index (κ3) is 5.02. The molecule has 0 amide bonds. The largest absolute Gasteiger partial charge is 0.309 e. The van der Waals surface area contributed by atoms with Crippen molar-refractivity contribution >= 4 is 65.3 Å². The van der Waals surface area contributed by atoms with Gasteiger partial charge in [-0.25, -0.2) is 9.97 Å². The number of para-hydroxylation sites is 3. The summed E-state index contributed by atoms with van der Waals surface area (Å²) in [5.41, 5.74) is 13.2. The molecule has 0 atom stereocenters. The van der Waals surface area contributed by atoms with E-state index in [4.69, 9.17) is 9.97 Å². The van der Waals surface area contributed by atoms with Crippen molar-refractivity contribution in [2.45, 2.75) is 0 Å². The van der Waals surface area contributed by atoms with E-state index < -0.39 is 0 Å². The summed E-state index contributed by atoms with van der Waals surface area (Å²) < 4.78 is 4.79. The highest BCUT2D eigenvalue weighted by Crippen LogP contribution is 2.42. The van der Waals surface area contributed by atoms with Gasteiger partial charge < -0.3 is 9.13 Å². The number of nitrogens with zero attached hydrogens (tertiary/aromatic N) is 4. The maximum Gasteiger partial charge on any atom is 0.160 e. The van der Waals surface area contributed by atoms with Crippen LogP contribution >= 0.6 is 0 Å². The summed E-state index contributed by atoms with van der Waals surface area (Å²) in [4.78, 5) is 10.6. The second-order valence-corrected chi connectivity index (χ2v) is 15.0. The molecule has 270 valence electrons. The molecule has 0 aliphatic heterocycles. The van der Waals surface area contributed by atoms with E-state index in [-0.39, 0.29) is 0 Å². The lowest BCUT2D eigenvalue weighted by atomic mass is 9.99. The van der Waals surface area contributed by atoms with E-state index in [9.17, 15) is 0 Å². The van der Waals surface area contributed by atoms with Crippen LogP contribution < -0.4 is 0 Å². The normalized spacial score (nSPS) is 11.8. The second kappa shape index (κ2) is 12.9. The molecule has 4 nitrogen and oxygen atoms in total. The highest BCUT2D eigenvalue weighted by molar-refractivity contribution is 6.28. The average Bonchev–Trinajstić information content (AvgIpc) is 3.82. The summed E-state index contributed by atoms with van der Waals surface area (Å²) in [5, 5.41) is 8.43. The predicted molar refractivity (Wildman–Crippen MR) is 242 cm³/mol. The molecular weight excluding hydrogens is 705 g/mol. The van der Waals surface area contributed by atoms with Gasteiger partial charge >= 0.3 is 0 Å². The Morgan fingerprint density at radius 2 is 0.862 bits per heavy atom. The van der Waals surface area contributed by atoms with E-state index in [0.717, 1.165) is 50.2 Å². The average molecular weight is 739 g/mol. The Morgan fingerprint density at radius 1 is 0.310 bits per heavy atom. The quantitative estimate of drug-likeness (QED) is 0.176. The van der Waals surface area contributed by atoms with Gasteiger partial charge in [-0.3, -0.25) is 0 Å². The molecule has 0 radical (unpaired) electrons. The first-order valence-corrected chi connectivity index (χ1v) is 19.7. The van der Waals surface area contributed by atoms with Gasteiger partial charge in [0, 0.05) is 49.4 Å². The Labute approximate surface area is 334 Å². The van der Waals surface area contributed by atoms with Gasteiger partial charge in [0.1, 0.15) is 0 Å². The van der Waals surface area contributed by atoms with Gasteiger partial charge in [0.2, 0.25) is 0 Å². The SMILES string of the molecule is c1ccc(-c2ccc3c(-c4ccc5ccccc5c4)nc(-c4ccc(-n5c6ccccc6c6c7c8ccccc8n(-c8ccccc8)c7ccc65)cc4)nc3c2)cc1. The monoisotopic (exact) mass is 738 g/mol. The van der Waals surface area contributed by atoms with E-state index >= 15 is 0 Å². The number of hydrogen-bond acceptors (Lipinski definition) is 2. The van der Waals surface area contributed by atoms with Gasteiger partial charge in [0.25, 0.3) is 0 Å². The molecule has 0 aliphatic carbocycles. The van der Waals surface area contributed by atoms with Crippen LogP contribution in [0.3, 0.4) is 0 Å². The molecule has 58 heavy (non-hydrogen) atoms. The van der Waals surface area contributed by atoms with Crippen molar-refractivity contribution in [1.82, 2.24) is 19.1 Å². The lowest BCUT2D eigenvalue weighted by Gasteiger charge is -2.13. The molecule has 3 heterocycles. The molecule has 3 aromatic heterocycles. The zero-order valence-corrected chi connectivity index (χ0v) is 31.4. The molecule has 0 saturated carbocycles. The fraction of sp³-hybridized carbons (Fsp3) is 0. The van der Waals surface area contributed by atoms with Crippen LogP contribution in [0.5, 0.6) is 0 Å². The van der Waals surface area contributed by atoms with Crippen molar-refractivity contribution in [1.29, 1.82) is 0 Å². The molecule has 0 N–H and O–H groups in total. The van der Waals surface area contributed by atoms with Crippen LogP contribution in [0.2, 0.25) is 0 Å². The Bertz CT molecular complexity index is 3540. The van der Waals surface area contributed by atoms with Crippen LogP contribution in [0.25, 0.3) is 110 Å². The van der Waals surface area contributed by atoms with Gasteiger partial charge in [0.15, 0.2) is 5.82 Å². The van der Waals surface area contributed by atoms with Crippen molar-refractivity contribution in [3.63, 3.8) is 0 Å². The van der Waals surface area contributed by atoms with E-state index in [1.54, 1.807) is 0 Å². The molecule has 0 unspecified atom stereocenters. The lowest BCUT2D eigenvalue weighted by molar-refractivity contribution is 1.17. The summed E-state index contributed by atoms with van der Waals surface area (Å²) in [7, 11) is 0. The number of benzene rings is 9. The van der Waals surface area contributed by atoms with E-state index in [1.807, 2.05) is 0 Å². The Hall–Kier alpha value is -7.82. The number of hydrogen-bond donors (Lipinski definition) is 0. The van der Waals surface area contributed by atoms with E-state index in [1.165, 1.54) is 54.4 Å². The van der Waals surface area contributed by atoms with Crippen molar-refractivity contribution in [2.24, 2.45) is 0 Å². The van der Waals surface area contributed by atoms with Crippen LogP contribution in [0.15, 0.2) is 206 Å². The molecule has 0 bridgehead atoms. The molecule has 9 aromatic carbocycles. The van der Waals surface area contributed by atoms with Crippen LogP contribution in [0.1, 0.15) is 0 Å². The van der Waals surface area contributed by atoms with E-state index in [0.29, 0.717) is 5.82 Å². The molecule has 4 heteroatoms. The second-order valence-electron chi connectivity index (χ2n) is 15.0. The highest BCUT2D eigenvalue weighted by atomic mass is 15.0. The molecule has 12 rings (SSSR count). The number of fused-ring (bicyclic) bond motifs is 9. The zero-order valence-electron chi connectivity index (χ0n) is 31.4. The Kier molecular flexibility index (Phi) is 7.20. The highest BCUT2D eigenvalue weighted by Gasteiger charge is 2.21. The minimum Gasteiger partial charge on any atom is -0.309 e. The summed E-state index contributed by atoms with van der Waals surface area (Å²) in [5.74, 6) is 0.699. The molecule has 0 saturated heterocycles. The molecule has 12 aromatic rings. The maximum absolute atomic E-state index is 5.31. The topological polar surface area (TPSA) is 35.6 Å². The fourth-order valence-corrected chi connectivity index (χ4v) is 9.04. The van der Waals surface area contributed by atoms with Crippen LogP contribution in [-0.4, -0.2) is 19.1 Å². The predicted octanol–water partition coefficient (Wildman–Crippen LogP) is 14.0. The van der Waals surface area contributed by atoms with E-state index in [2.05, 4.69) is 215 Å². The molecule has 0 spiro atoms. The minimum absolute atomic E-state index is 0.699. The first-order valence-electron chi connectivity index (χ1n) is 19.7. The third-order valence-electron chi connectivity index (χ3n) is 11.7. The first-order chi connectivity index (χ1) is 28.8. The summed E-state index contributed by atoms with van der Waals surface area (Å²) in [6, 6.07) is 73.7. The van der Waals surface area contributed by atoms with Crippen molar-refractivity contribution < 1.29 is 0 Å². The first kappa shape index (κ1) is 32.4. The summed E-state index contributed by atoms with van der Waals surface area (Å²) >= 11 is 0. The fourth-order valence-electron chi connectivity index (χ4n) is 9.04. The molecule has 0 aliphatic rings. The lowest BCUT2D eigenvalue weighted by Crippen LogP contribution is -1.97. The van der Waals surface area contributed by atoms with Crippen LogP contribution in [0.4, 0.5) is 0 Å². The number of aromatic nitrogens is 4. The Balaban J connectivity index is 1.04. The van der Waals surface area contributed by atoms with Gasteiger partial charge in [0.05, 0.1) is 33.3 Å². The Morgan fingerprint density at radius 3 is 1.55 bits per heavy atom. The maximum atomic E-state index is 5.31. The summed E-state index contributed by atoms with van der Waals surface area (Å²) in [6.07, 6.45) is 0. The van der Waals surface area contributed by atoms with Gasteiger partial charge in [-0.2, -0.15) is 0 Å². The van der Waals surface area contributed by atoms with Gasteiger partial charge in [-0.05, 0) is 101 Å². The van der Waals surface area contributed by atoms with Gasteiger partial charge in [-0.15, -0.1) is 0 Å². The third-order valence-corrected chi connectivity index (χ3v) is 11.7. The molecule has 0 fully saturated rings. The van der Waals surface area contributed by atoms with Gasteiger partial charge in [-0.1, -0.05) is 127 Å². The molecular formula is C54H34N4. The summed E-state index contributed by atoms with van der Waals surface area (Å²) in [6.45, 7) is 0. The van der Waals surface area contributed by atoms with Crippen molar-refractivity contribution in [2.75, 3.05) is 0 Å². The minimum atomic E-state index is 0.699.